The normalized spacial score (nSPS) is 25.8. The van der Waals surface area contributed by atoms with E-state index in [0.717, 1.165) is 0 Å². The van der Waals surface area contributed by atoms with Crippen LogP contribution in [0.1, 0.15) is 13.8 Å². The van der Waals surface area contributed by atoms with Crippen LogP contribution < -0.4 is 0 Å². The lowest BCUT2D eigenvalue weighted by Gasteiger charge is -2.35. The molecule has 0 aromatic heterocycles. The van der Waals surface area contributed by atoms with Crippen molar-refractivity contribution in [3.8, 4) is 0 Å². The van der Waals surface area contributed by atoms with Gasteiger partial charge in [-0.3, -0.25) is 0 Å². The summed E-state index contributed by atoms with van der Waals surface area (Å²) < 4.78 is 17.0. The van der Waals surface area contributed by atoms with Crippen LogP contribution in [0.25, 0.3) is 0 Å². The van der Waals surface area contributed by atoms with Gasteiger partial charge in [-0.1, -0.05) is 11.8 Å². The van der Waals surface area contributed by atoms with Crippen molar-refractivity contribution in [1.82, 2.24) is 0 Å². The van der Waals surface area contributed by atoms with E-state index >= 15 is 0 Å². The fourth-order valence-corrected chi connectivity index (χ4v) is 1.51. The number of hydrogen-bond donors (Lipinski definition) is 0. The molecular formula is C9H16O3S2. The fraction of sp³-hybridized carbons (Fsp3) is 0.889. The standard InChI is InChI=1S/C9H16O3S2/c1-9(2)6-10-4-7(12-9)5-11-8(13)14-3/h7H,4-6H2,1-3H3. The van der Waals surface area contributed by atoms with E-state index in [2.05, 4.69) is 0 Å². The number of rotatable bonds is 2. The van der Waals surface area contributed by atoms with Gasteiger partial charge in [0.1, 0.15) is 12.7 Å². The first kappa shape index (κ1) is 12.2. The molecule has 1 saturated heterocycles. The van der Waals surface area contributed by atoms with Gasteiger partial charge >= 0.3 is 0 Å². The number of ether oxygens (including phenoxy) is 3. The van der Waals surface area contributed by atoms with E-state index in [1.807, 2.05) is 20.1 Å². The molecule has 1 aliphatic rings. The highest BCUT2D eigenvalue weighted by Crippen LogP contribution is 2.19. The molecule has 1 rings (SSSR count). The Hall–Kier alpha value is 0.160. The maximum atomic E-state index is 5.75. The second kappa shape index (κ2) is 5.30. The summed E-state index contributed by atoms with van der Waals surface area (Å²) in [6.07, 6.45) is 1.88. The number of hydrogen-bond acceptors (Lipinski definition) is 5. The molecule has 1 heterocycles. The molecular weight excluding hydrogens is 220 g/mol. The molecule has 0 aromatic rings. The van der Waals surface area contributed by atoms with Crippen LogP contribution in [0.2, 0.25) is 0 Å². The second-order valence-corrected chi connectivity index (χ2v) is 5.19. The lowest BCUT2D eigenvalue weighted by molar-refractivity contribution is -0.190. The number of thioether (sulfide) groups is 1. The van der Waals surface area contributed by atoms with Crippen molar-refractivity contribution in [2.45, 2.75) is 25.6 Å². The Labute approximate surface area is 94.5 Å². The minimum Gasteiger partial charge on any atom is -0.476 e. The Kier molecular flexibility index (Phi) is 4.63. The van der Waals surface area contributed by atoms with Crippen LogP contribution in [0, 0.1) is 0 Å². The van der Waals surface area contributed by atoms with E-state index in [-0.39, 0.29) is 11.7 Å². The summed E-state index contributed by atoms with van der Waals surface area (Å²) in [6.45, 7) is 5.71. The van der Waals surface area contributed by atoms with Gasteiger partial charge in [0.15, 0.2) is 0 Å². The van der Waals surface area contributed by atoms with E-state index in [1.54, 1.807) is 0 Å². The molecule has 0 spiro atoms. The molecule has 82 valence electrons. The van der Waals surface area contributed by atoms with Crippen LogP contribution >= 0.6 is 24.0 Å². The highest BCUT2D eigenvalue weighted by molar-refractivity contribution is 8.22. The van der Waals surface area contributed by atoms with Gasteiger partial charge in [-0.05, 0) is 32.3 Å². The monoisotopic (exact) mass is 236 g/mol. The molecule has 0 radical (unpaired) electrons. The van der Waals surface area contributed by atoms with Crippen molar-refractivity contribution in [2.24, 2.45) is 0 Å². The Balaban J connectivity index is 2.28. The third-order valence-corrected chi connectivity index (χ3v) is 2.86. The topological polar surface area (TPSA) is 27.7 Å². The van der Waals surface area contributed by atoms with Crippen LogP contribution in [0.15, 0.2) is 0 Å². The van der Waals surface area contributed by atoms with Crippen molar-refractivity contribution in [3.05, 3.63) is 0 Å². The summed E-state index contributed by atoms with van der Waals surface area (Å²) >= 11 is 6.35. The maximum absolute atomic E-state index is 5.75. The lowest BCUT2D eigenvalue weighted by atomic mass is 10.1. The van der Waals surface area contributed by atoms with Gasteiger partial charge in [-0.2, -0.15) is 0 Å². The summed E-state index contributed by atoms with van der Waals surface area (Å²) in [7, 11) is 0. The Morgan fingerprint density at radius 2 is 2.36 bits per heavy atom. The number of thiocarbonyl (C=S) groups is 1. The first-order chi connectivity index (χ1) is 6.53. The van der Waals surface area contributed by atoms with Crippen molar-refractivity contribution in [2.75, 3.05) is 26.1 Å². The first-order valence-corrected chi connectivity index (χ1v) is 6.13. The van der Waals surface area contributed by atoms with Gasteiger partial charge in [0.2, 0.25) is 4.38 Å². The van der Waals surface area contributed by atoms with Gasteiger partial charge in [-0.15, -0.1) is 0 Å². The van der Waals surface area contributed by atoms with Crippen molar-refractivity contribution in [3.63, 3.8) is 0 Å². The van der Waals surface area contributed by atoms with E-state index in [1.165, 1.54) is 11.8 Å². The third kappa shape index (κ3) is 4.13. The highest BCUT2D eigenvalue weighted by Gasteiger charge is 2.29. The predicted molar refractivity (Wildman–Crippen MR) is 61.8 cm³/mol. The van der Waals surface area contributed by atoms with Crippen LogP contribution in [-0.4, -0.2) is 42.2 Å². The van der Waals surface area contributed by atoms with Crippen LogP contribution in [-0.2, 0) is 14.2 Å². The summed E-state index contributed by atoms with van der Waals surface area (Å²) in [5.74, 6) is 0. The Morgan fingerprint density at radius 1 is 1.64 bits per heavy atom. The lowest BCUT2D eigenvalue weighted by Crippen LogP contribution is -2.45. The Bertz CT molecular complexity index is 206. The average Bonchev–Trinajstić information content (AvgIpc) is 2.12. The summed E-state index contributed by atoms with van der Waals surface area (Å²) in [6, 6.07) is 0. The molecule has 1 unspecified atom stereocenters. The van der Waals surface area contributed by atoms with E-state index in [9.17, 15) is 0 Å². The van der Waals surface area contributed by atoms with Crippen LogP contribution in [0.4, 0.5) is 0 Å². The van der Waals surface area contributed by atoms with Crippen molar-refractivity contribution >= 4 is 28.4 Å². The SMILES string of the molecule is CSC(=S)OCC1COCC(C)(C)O1. The van der Waals surface area contributed by atoms with Gasteiger partial charge in [0.05, 0.1) is 18.8 Å². The first-order valence-electron chi connectivity index (χ1n) is 4.50. The zero-order valence-electron chi connectivity index (χ0n) is 8.74. The van der Waals surface area contributed by atoms with Crippen LogP contribution in [0.3, 0.4) is 0 Å². The van der Waals surface area contributed by atoms with E-state index in [4.69, 9.17) is 26.4 Å². The molecule has 1 aliphatic heterocycles. The Morgan fingerprint density at radius 3 is 2.93 bits per heavy atom. The molecule has 14 heavy (non-hydrogen) atoms. The molecule has 0 saturated carbocycles. The van der Waals surface area contributed by atoms with Gasteiger partial charge < -0.3 is 14.2 Å². The van der Waals surface area contributed by atoms with Crippen molar-refractivity contribution < 1.29 is 14.2 Å². The predicted octanol–water partition coefficient (Wildman–Crippen LogP) is 1.84. The fourth-order valence-electron chi connectivity index (χ4n) is 1.26. The van der Waals surface area contributed by atoms with E-state index in [0.29, 0.717) is 24.2 Å². The van der Waals surface area contributed by atoms with Gasteiger partial charge in [0.25, 0.3) is 0 Å². The minimum absolute atomic E-state index is 0.0103. The largest absolute Gasteiger partial charge is 0.476 e. The molecule has 0 N–H and O–H groups in total. The summed E-state index contributed by atoms with van der Waals surface area (Å²) in [5, 5.41) is 0. The second-order valence-electron chi connectivity index (χ2n) is 3.78. The van der Waals surface area contributed by atoms with Crippen molar-refractivity contribution in [1.29, 1.82) is 0 Å². The molecule has 0 bridgehead atoms. The van der Waals surface area contributed by atoms with Gasteiger partial charge in [0, 0.05) is 0 Å². The average molecular weight is 236 g/mol. The molecule has 0 aliphatic carbocycles. The third-order valence-electron chi connectivity index (χ3n) is 1.79. The zero-order chi connectivity index (χ0) is 10.6. The summed E-state index contributed by atoms with van der Waals surface area (Å²) in [5.41, 5.74) is -0.215. The van der Waals surface area contributed by atoms with E-state index < -0.39 is 0 Å². The molecule has 5 heteroatoms. The van der Waals surface area contributed by atoms with Crippen LogP contribution in [0.5, 0.6) is 0 Å². The summed E-state index contributed by atoms with van der Waals surface area (Å²) in [4.78, 5) is 0. The molecule has 3 nitrogen and oxygen atoms in total. The quantitative estimate of drug-likeness (QED) is 0.682. The van der Waals surface area contributed by atoms with Gasteiger partial charge in [-0.25, -0.2) is 0 Å². The molecule has 0 aromatic carbocycles. The molecule has 1 fully saturated rings. The highest BCUT2D eigenvalue weighted by atomic mass is 32.2. The minimum atomic E-state index is -0.215. The molecule has 0 amide bonds. The smallest absolute Gasteiger partial charge is 0.219 e. The zero-order valence-corrected chi connectivity index (χ0v) is 10.4. The molecule has 1 atom stereocenters. The maximum Gasteiger partial charge on any atom is 0.219 e.